The van der Waals surface area contributed by atoms with E-state index in [-0.39, 0.29) is 0 Å². The first-order valence-electron chi connectivity index (χ1n) is 4.79. The van der Waals surface area contributed by atoms with E-state index in [4.69, 9.17) is 16.3 Å². The van der Waals surface area contributed by atoms with Crippen LogP contribution in [0.5, 0.6) is 5.75 Å². The molecule has 1 aromatic rings. The van der Waals surface area contributed by atoms with Crippen molar-refractivity contribution in [2.75, 3.05) is 7.11 Å². The lowest BCUT2D eigenvalue weighted by Crippen LogP contribution is -2.16. The van der Waals surface area contributed by atoms with Gasteiger partial charge in [0, 0.05) is 5.56 Å². The van der Waals surface area contributed by atoms with Gasteiger partial charge >= 0.3 is 0 Å². The van der Waals surface area contributed by atoms with Crippen molar-refractivity contribution in [3.63, 3.8) is 0 Å². The molecule has 0 saturated carbocycles. The second-order valence-electron chi connectivity index (χ2n) is 4.35. The van der Waals surface area contributed by atoms with Gasteiger partial charge in [-0.05, 0) is 18.2 Å². The van der Waals surface area contributed by atoms with Crippen LogP contribution >= 0.6 is 11.6 Å². The topological polar surface area (TPSA) is 9.23 Å². The summed E-state index contributed by atoms with van der Waals surface area (Å²) in [7, 11) is 0.292. The standard InChI is InChI=1S/C12H15ClOSi/c1-14-12-9-10(5-6-11(12)13)7-8-15(2,3)4/h5-6,9H,1-4H3. The first-order chi connectivity index (χ1) is 6.92. The maximum atomic E-state index is 5.92. The van der Waals surface area contributed by atoms with Crippen LogP contribution < -0.4 is 4.74 Å². The molecule has 0 aliphatic heterocycles. The molecule has 0 unspecified atom stereocenters. The first kappa shape index (κ1) is 12.2. The normalized spacial score (nSPS) is 10.5. The third-order valence-electron chi connectivity index (χ3n) is 1.73. The highest BCUT2D eigenvalue weighted by molar-refractivity contribution is 6.83. The summed E-state index contributed by atoms with van der Waals surface area (Å²) in [5, 5.41) is 0.621. The lowest BCUT2D eigenvalue weighted by Gasteiger charge is -2.05. The Morgan fingerprint density at radius 3 is 2.47 bits per heavy atom. The number of hydrogen-bond donors (Lipinski definition) is 0. The minimum atomic E-state index is -1.32. The van der Waals surface area contributed by atoms with Crippen LogP contribution in [-0.4, -0.2) is 15.2 Å². The summed E-state index contributed by atoms with van der Waals surface area (Å²) in [5.74, 6) is 3.84. The molecule has 0 amide bonds. The van der Waals surface area contributed by atoms with Gasteiger partial charge < -0.3 is 4.74 Å². The van der Waals surface area contributed by atoms with Gasteiger partial charge in [-0.2, -0.15) is 0 Å². The number of rotatable bonds is 1. The lowest BCUT2D eigenvalue weighted by molar-refractivity contribution is 0.415. The number of benzene rings is 1. The third-order valence-corrected chi connectivity index (χ3v) is 2.92. The fourth-order valence-corrected chi connectivity index (χ4v) is 1.71. The van der Waals surface area contributed by atoms with Crippen LogP contribution in [-0.2, 0) is 0 Å². The molecule has 15 heavy (non-hydrogen) atoms. The van der Waals surface area contributed by atoms with Crippen LogP contribution in [0.4, 0.5) is 0 Å². The quantitative estimate of drug-likeness (QED) is 0.537. The number of hydrogen-bond acceptors (Lipinski definition) is 1. The van der Waals surface area contributed by atoms with Crippen LogP contribution in [0.3, 0.4) is 0 Å². The van der Waals surface area contributed by atoms with E-state index in [0.717, 1.165) is 5.56 Å². The van der Waals surface area contributed by atoms with Crippen LogP contribution in [0.25, 0.3) is 0 Å². The number of methoxy groups -OCH3 is 1. The van der Waals surface area contributed by atoms with Crippen molar-refractivity contribution in [3.05, 3.63) is 28.8 Å². The Labute approximate surface area is 97.4 Å². The summed E-state index contributed by atoms with van der Waals surface area (Å²) >= 11 is 5.92. The Hall–Kier alpha value is -0.913. The van der Waals surface area contributed by atoms with Gasteiger partial charge in [-0.3, -0.25) is 0 Å². The highest BCUT2D eigenvalue weighted by Gasteiger charge is 2.07. The van der Waals surface area contributed by atoms with Crippen molar-refractivity contribution < 1.29 is 4.74 Å². The predicted molar refractivity (Wildman–Crippen MR) is 68.2 cm³/mol. The molecular formula is C12H15ClOSi. The van der Waals surface area contributed by atoms with E-state index in [9.17, 15) is 0 Å². The highest BCUT2D eigenvalue weighted by Crippen LogP contribution is 2.24. The van der Waals surface area contributed by atoms with Crippen molar-refractivity contribution in [3.8, 4) is 17.2 Å². The molecule has 0 fully saturated rings. The third kappa shape index (κ3) is 3.99. The van der Waals surface area contributed by atoms with Gasteiger partial charge in [-0.15, -0.1) is 5.54 Å². The largest absolute Gasteiger partial charge is 0.495 e. The Kier molecular flexibility index (Phi) is 3.84. The molecule has 0 spiro atoms. The van der Waals surface area contributed by atoms with Gasteiger partial charge in [-0.1, -0.05) is 37.2 Å². The van der Waals surface area contributed by atoms with Gasteiger partial charge in [0.05, 0.1) is 12.1 Å². The maximum Gasteiger partial charge on any atom is 0.138 e. The molecule has 1 rings (SSSR count). The average Bonchev–Trinajstić information content (AvgIpc) is 2.15. The zero-order chi connectivity index (χ0) is 11.5. The molecule has 0 saturated heterocycles. The summed E-state index contributed by atoms with van der Waals surface area (Å²) in [5.41, 5.74) is 4.26. The fourth-order valence-electron chi connectivity index (χ4n) is 0.997. The van der Waals surface area contributed by atoms with Gasteiger partial charge in [0.15, 0.2) is 0 Å². The van der Waals surface area contributed by atoms with Crippen LogP contribution in [0.15, 0.2) is 18.2 Å². The summed E-state index contributed by atoms with van der Waals surface area (Å²) in [6.45, 7) is 6.65. The second-order valence-corrected chi connectivity index (χ2v) is 9.51. The average molecular weight is 239 g/mol. The molecule has 0 radical (unpaired) electrons. The molecule has 3 heteroatoms. The van der Waals surface area contributed by atoms with E-state index in [1.165, 1.54) is 0 Å². The molecule has 0 atom stereocenters. The van der Waals surface area contributed by atoms with E-state index in [2.05, 4.69) is 31.1 Å². The van der Waals surface area contributed by atoms with Crippen LogP contribution in [0, 0.1) is 11.5 Å². The van der Waals surface area contributed by atoms with Crippen molar-refractivity contribution in [2.24, 2.45) is 0 Å². The van der Waals surface area contributed by atoms with Crippen LogP contribution in [0.2, 0.25) is 24.7 Å². The molecular weight excluding hydrogens is 224 g/mol. The molecule has 0 N–H and O–H groups in total. The second kappa shape index (κ2) is 4.74. The zero-order valence-corrected chi connectivity index (χ0v) is 11.3. The summed E-state index contributed by atoms with van der Waals surface area (Å²) < 4.78 is 5.13. The SMILES string of the molecule is COc1cc(C#C[Si](C)(C)C)ccc1Cl. The molecule has 0 bridgehead atoms. The summed E-state index contributed by atoms with van der Waals surface area (Å²) in [6, 6.07) is 5.60. The fraction of sp³-hybridized carbons (Fsp3) is 0.333. The molecule has 1 aromatic carbocycles. The molecule has 80 valence electrons. The van der Waals surface area contributed by atoms with Gasteiger partial charge in [0.2, 0.25) is 0 Å². The van der Waals surface area contributed by atoms with Crippen molar-refractivity contribution in [1.82, 2.24) is 0 Å². The zero-order valence-electron chi connectivity index (χ0n) is 9.52. The van der Waals surface area contributed by atoms with Crippen molar-refractivity contribution in [1.29, 1.82) is 0 Å². The van der Waals surface area contributed by atoms with Gasteiger partial charge in [0.25, 0.3) is 0 Å². The predicted octanol–water partition coefficient (Wildman–Crippen LogP) is 3.58. The van der Waals surface area contributed by atoms with E-state index >= 15 is 0 Å². The summed E-state index contributed by atoms with van der Waals surface area (Å²) in [4.78, 5) is 0. The lowest BCUT2D eigenvalue weighted by atomic mass is 10.2. The number of ether oxygens (including phenoxy) is 1. The number of halogens is 1. The minimum absolute atomic E-state index is 0.621. The molecule has 1 nitrogen and oxygen atoms in total. The molecule has 0 aliphatic carbocycles. The van der Waals surface area contributed by atoms with E-state index in [1.54, 1.807) is 7.11 Å². The van der Waals surface area contributed by atoms with Gasteiger partial charge in [0.1, 0.15) is 13.8 Å². The van der Waals surface area contributed by atoms with E-state index < -0.39 is 8.07 Å². The maximum absolute atomic E-state index is 5.92. The Bertz CT molecular complexity index is 410. The molecule has 0 heterocycles. The van der Waals surface area contributed by atoms with Gasteiger partial charge in [-0.25, -0.2) is 0 Å². The monoisotopic (exact) mass is 238 g/mol. The highest BCUT2D eigenvalue weighted by atomic mass is 35.5. The van der Waals surface area contributed by atoms with Crippen LogP contribution in [0.1, 0.15) is 5.56 Å². The Balaban J connectivity index is 3.01. The summed E-state index contributed by atoms with van der Waals surface area (Å²) in [6.07, 6.45) is 0. The van der Waals surface area contributed by atoms with Crippen molar-refractivity contribution >= 4 is 19.7 Å². The van der Waals surface area contributed by atoms with E-state index in [1.807, 2.05) is 18.2 Å². The Morgan fingerprint density at radius 2 is 1.93 bits per heavy atom. The Morgan fingerprint density at radius 1 is 1.27 bits per heavy atom. The molecule has 0 aliphatic rings. The van der Waals surface area contributed by atoms with E-state index in [0.29, 0.717) is 10.8 Å². The van der Waals surface area contributed by atoms with Crippen molar-refractivity contribution in [2.45, 2.75) is 19.6 Å². The smallest absolute Gasteiger partial charge is 0.138 e. The first-order valence-corrected chi connectivity index (χ1v) is 8.67. The molecule has 0 aromatic heterocycles. The minimum Gasteiger partial charge on any atom is -0.495 e.